The van der Waals surface area contributed by atoms with Gasteiger partial charge in [-0.15, -0.1) is 0 Å². The highest BCUT2D eigenvalue weighted by atomic mass is 16.3. The van der Waals surface area contributed by atoms with Crippen LogP contribution in [0.5, 0.6) is 0 Å². The van der Waals surface area contributed by atoms with E-state index in [9.17, 15) is 9.90 Å². The van der Waals surface area contributed by atoms with Crippen LogP contribution in [0.2, 0.25) is 0 Å². The number of likely N-dealkylation sites (tertiary alicyclic amines) is 1. The molecule has 1 aromatic rings. The predicted molar refractivity (Wildman–Crippen MR) is 85.2 cm³/mol. The maximum absolute atomic E-state index is 12.4. The van der Waals surface area contributed by atoms with Crippen LogP contribution < -0.4 is 5.32 Å². The van der Waals surface area contributed by atoms with E-state index in [2.05, 4.69) is 16.3 Å². The summed E-state index contributed by atoms with van der Waals surface area (Å²) in [5.41, 5.74) is 1.02. The van der Waals surface area contributed by atoms with Gasteiger partial charge in [-0.1, -0.05) is 12.1 Å². The minimum absolute atomic E-state index is 0.0989. The van der Waals surface area contributed by atoms with E-state index in [-0.39, 0.29) is 18.1 Å². The molecule has 1 aliphatic rings. The Labute approximate surface area is 131 Å². The van der Waals surface area contributed by atoms with Crippen LogP contribution in [0, 0.1) is 17.2 Å². The fourth-order valence-corrected chi connectivity index (χ4v) is 2.88. The maximum Gasteiger partial charge on any atom is 0.241 e. The normalized spacial score (nSPS) is 19.2. The molecule has 1 saturated heterocycles. The van der Waals surface area contributed by atoms with Gasteiger partial charge < -0.3 is 10.4 Å². The number of piperidine rings is 1. The molecule has 22 heavy (non-hydrogen) atoms. The summed E-state index contributed by atoms with van der Waals surface area (Å²) in [6.07, 6.45) is 1.53. The quantitative estimate of drug-likeness (QED) is 0.891. The van der Waals surface area contributed by atoms with Gasteiger partial charge in [0.15, 0.2) is 0 Å². The van der Waals surface area contributed by atoms with E-state index in [1.54, 1.807) is 24.3 Å². The first-order valence-corrected chi connectivity index (χ1v) is 7.75. The van der Waals surface area contributed by atoms with Gasteiger partial charge >= 0.3 is 0 Å². The fraction of sp³-hybridized carbons (Fsp3) is 0.529. The first kappa shape index (κ1) is 16.5. The lowest BCUT2D eigenvalue weighted by molar-refractivity contribution is -0.121. The molecule has 5 nitrogen and oxygen atoms in total. The number of nitriles is 1. The Morgan fingerprint density at radius 2 is 2.00 bits per heavy atom. The number of amides is 1. The molecule has 0 bridgehead atoms. The summed E-state index contributed by atoms with van der Waals surface area (Å²) < 4.78 is 0. The molecule has 0 aromatic heterocycles. The summed E-state index contributed by atoms with van der Waals surface area (Å²) in [6.45, 7) is 5.33. The lowest BCUT2D eigenvalue weighted by Crippen LogP contribution is -2.47. The van der Waals surface area contributed by atoms with E-state index >= 15 is 0 Å². The summed E-state index contributed by atoms with van der Waals surface area (Å²) in [5.74, 6) is 0.226. The van der Waals surface area contributed by atoms with Crippen LogP contribution in [-0.2, 0) is 4.79 Å². The van der Waals surface area contributed by atoms with Gasteiger partial charge in [0.2, 0.25) is 5.91 Å². The number of aliphatic hydroxyl groups excluding tert-OH is 1. The summed E-state index contributed by atoms with van der Waals surface area (Å²) >= 11 is 0. The second-order valence-electron chi connectivity index (χ2n) is 5.94. The third-order valence-electron chi connectivity index (χ3n) is 4.49. The second kappa shape index (κ2) is 7.39. The SMILES string of the molecule is CC(O)C1CCN(C(C)C(=O)Nc2ccccc2C#N)CC1. The van der Waals surface area contributed by atoms with Crippen LogP contribution in [0.1, 0.15) is 32.3 Å². The molecule has 0 aliphatic carbocycles. The molecule has 1 fully saturated rings. The van der Waals surface area contributed by atoms with Gasteiger partial charge in [-0.25, -0.2) is 0 Å². The number of hydrogen-bond donors (Lipinski definition) is 2. The molecule has 1 heterocycles. The maximum atomic E-state index is 12.4. The van der Waals surface area contributed by atoms with Crippen molar-refractivity contribution in [3.05, 3.63) is 29.8 Å². The third-order valence-corrected chi connectivity index (χ3v) is 4.49. The van der Waals surface area contributed by atoms with Crippen molar-refractivity contribution in [2.24, 2.45) is 5.92 Å². The van der Waals surface area contributed by atoms with Crippen molar-refractivity contribution in [2.45, 2.75) is 38.8 Å². The van der Waals surface area contributed by atoms with Crippen molar-refractivity contribution < 1.29 is 9.90 Å². The van der Waals surface area contributed by atoms with Crippen molar-refractivity contribution in [3.63, 3.8) is 0 Å². The monoisotopic (exact) mass is 301 g/mol. The van der Waals surface area contributed by atoms with E-state index < -0.39 is 0 Å². The van der Waals surface area contributed by atoms with Crippen LogP contribution in [0.4, 0.5) is 5.69 Å². The number of carbonyl (C=O) groups is 1. The van der Waals surface area contributed by atoms with Gasteiger partial charge in [-0.05, 0) is 57.8 Å². The number of hydrogen-bond acceptors (Lipinski definition) is 4. The van der Waals surface area contributed by atoms with Crippen LogP contribution in [0.15, 0.2) is 24.3 Å². The number of para-hydroxylation sites is 1. The first-order valence-electron chi connectivity index (χ1n) is 7.75. The highest BCUT2D eigenvalue weighted by Crippen LogP contribution is 2.22. The Kier molecular flexibility index (Phi) is 5.53. The van der Waals surface area contributed by atoms with Crippen molar-refractivity contribution in [1.82, 2.24) is 4.90 Å². The molecule has 2 rings (SSSR count). The predicted octanol–water partition coefficient (Wildman–Crippen LogP) is 1.98. The Morgan fingerprint density at radius 1 is 1.36 bits per heavy atom. The summed E-state index contributed by atoms with van der Waals surface area (Å²) in [7, 11) is 0. The molecule has 118 valence electrons. The first-order chi connectivity index (χ1) is 10.5. The molecule has 2 unspecified atom stereocenters. The molecular weight excluding hydrogens is 278 g/mol. The average molecular weight is 301 g/mol. The standard InChI is InChI=1S/C17H23N3O2/c1-12(20-9-7-14(8-10-20)13(2)21)17(22)19-16-6-4-3-5-15(16)11-18/h3-6,12-14,21H,7-10H2,1-2H3,(H,19,22). The molecule has 0 spiro atoms. The molecule has 2 atom stereocenters. The molecule has 0 radical (unpaired) electrons. The van der Waals surface area contributed by atoms with Gasteiger partial charge in [0.05, 0.1) is 23.4 Å². The molecule has 1 amide bonds. The smallest absolute Gasteiger partial charge is 0.241 e. The van der Waals surface area contributed by atoms with Gasteiger partial charge in [0.1, 0.15) is 6.07 Å². The van der Waals surface area contributed by atoms with Crippen LogP contribution in [0.25, 0.3) is 0 Å². The van der Waals surface area contributed by atoms with E-state index in [4.69, 9.17) is 5.26 Å². The van der Waals surface area contributed by atoms with Crippen molar-refractivity contribution in [2.75, 3.05) is 18.4 Å². The molecule has 2 N–H and O–H groups in total. The van der Waals surface area contributed by atoms with Gasteiger partial charge in [-0.2, -0.15) is 5.26 Å². The van der Waals surface area contributed by atoms with Gasteiger partial charge in [0, 0.05) is 0 Å². The number of carbonyl (C=O) groups excluding carboxylic acids is 1. The zero-order chi connectivity index (χ0) is 16.1. The van der Waals surface area contributed by atoms with E-state index in [0.29, 0.717) is 17.2 Å². The fourth-order valence-electron chi connectivity index (χ4n) is 2.88. The van der Waals surface area contributed by atoms with Crippen molar-refractivity contribution >= 4 is 11.6 Å². The molecule has 1 aromatic carbocycles. The minimum atomic E-state index is -0.284. The highest BCUT2D eigenvalue weighted by molar-refractivity contribution is 5.95. The highest BCUT2D eigenvalue weighted by Gasteiger charge is 2.28. The zero-order valence-corrected chi connectivity index (χ0v) is 13.1. The number of nitrogens with zero attached hydrogens (tertiary/aromatic N) is 2. The van der Waals surface area contributed by atoms with E-state index in [1.807, 2.05) is 13.8 Å². The zero-order valence-electron chi connectivity index (χ0n) is 13.1. The Bertz CT molecular complexity index is 557. The lowest BCUT2D eigenvalue weighted by Gasteiger charge is -2.36. The Balaban J connectivity index is 1.94. The molecule has 0 saturated carbocycles. The van der Waals surface area contributed by atoms with Gasteiger partial charge in [0.25, 0.3) is 0 Å². The molecule has 5 heteroatoms. The molecule has 1 aliphatic heterocycles. The van der Waals surface area contributed by atoms with E-state index in [1.165, 1.54) is 0 Å². The number of anilines is 1. The molecular formula is C17H23N3O2. The average Bonchev–Trinajstić information content (AvgIpc) is 2.54. The number of nitrogens with one attached hydrogen (secondary N) is 1. The van der Waals surface area contributed by atoms with Crippen molar-refractivity contribution in [3.8, 4) is 6.07 Å². The van der Waals surface area contributed by atoms with Gasteiger partial charge in [-0.3, -0.25) is 9.69 Å². The van der Waals surface area contributed by atoms with E-state index in [0.717, 1.165) is 25.9 Å². The van der Waals surface area contributed by atoms with Crippen LogP contribution in [0.3, 0.4) is 0 Å². The Morgan fingerprint density at radius 3 is 2.59 bits per heavy atom. The lowest BCUT2D eigenvalue weighted by atomic mass is 9.91. The van der Waals surface area contributed by atoms with Crippen LogP contribution in [-0.4, -0.2) is 41.1 Å². The minimum Gasteiger partial charge on any atom is -0.393 e. The summed E-state index contributed by atoms with van der Waals surface area (Å²) in [5, 5.41) is 21.5. The second-order valence-corrected chi connectivity index (χ2v) is 5.94. The number of benzene rings is 1. The number of aliphatic hydroxyl groups is 1. The largest absolute Gasteiger partial charge is 0.393 e. The van der Waals surface area contributed by atoms with Crippen LogP contribution >= 0.6 is 0 Å². The van der Waals surface area contributed by atoms with Crippen molar-refractivity contribution in [1.29, 1.82) is 5.26 Å². The summed E-state index contributed by atoms with van der Waals surface area (Å²) in [6, 6.07) is 8.84. The number of rotatable bonds is 4. The third kappa shape index (κ3) is 3.85. The Hall–Kier alpha value is -1.90. The topological polar surface area (TPSA) is 76.4 Å². The summed E-state index contributed by atoms with van der Waals surface area (Å²) in [4.78, 5) is 14.5.